The number of methoxy groups -OCH3 is 1. The van der Waals surface area contributed by atoms with Gasteiger partial charge in [0.25, 0.3) is 0 Å². The van der Waals surface area contributed by atoms with Gasteiger partial charge in [-0.2, -0.15) is 5.26 Å². The van der Waals surface area contributed by atoms with E-state index in [0.29, 0.717) is 0 Å². The standard InChI is InChI=1S/C16H24N2OS/c1-5-20-15-8-6-7-14(13(15)11-17)18-12-16(2,3)9-10-19-4/h6-8,18H,5,9-10,12H2,1-4H3. The highest BCUT2D eigenvalue weighted by molar-refractivity contribution is 7.99. The fraction of sp³-hybridized carbons (Fsp3) is 0.562. The van der Waals surface area contributed by atoms with Gasteiger partial charge in [0.15, 0.2) is 0 Å². The molecule has 1 aromatic rings. The van der Waals surface area contributed by atoms with Crippen molar-refractivity contribution in [3.8, 4) is 6.07 Å². The van der Waals surface area contributed by atoms with Crippen LogP contribution in [0, 0.1) is 16.7 Å². The highest BCUT2D eigenvalue weighted by Gasteiger charge is 2.18. The van der Waals surface area contributed by atoms with Gasteiger partial charge in [0.05, 0.1) is 11.3 Å². The summed E-state index contributed by atoms with van der Waals surface area (Å²) >= 11 is 1.71. The first-order valence-corrected chi connectivity index (χ1v) is 7.91. The third-order valence-corrected chi connectivity index (χ3v) is 4.12. The first-order valence-electron chi connectivity index (χ1n) is 6.93. The maximum absolute atomic E-state index is 9.37. The van der Waals surface area contributed by atoms with Crippen LogP contribution < -0.4 is 5.32 Å². The number of thioether (sulfide) groups is 1. The predicted octanol–water partition coefficient (Wildman–Crippen LogP) is 4.14. The molecular formula is C16H24N2OS. The van der Waals surface area contributed by atoms with E-state index >= 15 is 0 Å². The van der Waals surface area contributed by atoms with E-state index in [-0.39, 0.29) is 5.41 Å². The second kappa shape index (κ2) is 8.18. The molecule has 1 aromatic carbocycles. The lowest BCUT2D eigenvalue weighted by atomic mass is 9.89. The van der Waals surface area contributed by atoms with E-state index in [2.05, 4.69) is 32.2 Å². The molecule has 0 fully saturated rings. The summed E-state index contributed by atoms with van der Waals surface area (Å²) in [7, 11) is 1.72. The minimum atomic E-state index is 0.136. The van der Waals surface area contributed by atoms with Crippen LogP contribution >= 0.6 is 11.8 Å². The van der Waals surface area contributed by atoms with Crippen LogP contribution in [0.2, 0.25) is 0 Å². The van der Waals surface area contributed by atoms with E-state index < -0.39 is 0 Å². The van der Waals surface area contributed by atoms with Gasteiger partial charge in [0, 0.05) is 25.2 Å². The van der Waals surface area contributed by atoms with Crippen molar-refractivity contribution in [2.45, 2.75) is 32.1 Å². The van der Waals surface area contributed by atoms with Crippen molar-refractivity contribution in [2.24, 2.45) is 5.41 Å². The summed E-state index contributed by atoms with van der Waals surface area (Å²) in [6.07, 6.45) is 0.988. The lowest BCUT2D eigenvalue weighted by molar-refractivity contribution is 0.157. The van der Waals surface area contributed by atoms with Crippen LogP contribution in [0.5, 0.6) is 0 Å². The van der Waals surface area contributed by atoms with Gasteiger partial charge in [0.2, 0.25) is 0 Å². The normalized spacial score (nSPS) is 11.2. The number of nitrogens with one attached hydrogen (secondary N) is 1. The number of nitriles is 1. The number of nitrogens with zero attached hydrogens (tertiary/aromatic N) is 1. The summed E-state index contributed by atoms with van der Waals surface area (Å²) in [6.45, 7) is 8.09. The van der Waals surface area contributed by atoms with Crippen LogP contribution in [0.1, 0.15) is 32.8 Å². The Kier molecular flexibility index (Phi) is 6.90. The third kappa shape index (κ3) is 5.07. The van der Waals surface area contributed by atoms with Crippen LogP contribution in [0.3, 0.4) is 0 Å². The molecule has 4 heteroatoms. The summed E-state index contributed by atoms with van der Waals surface area (Å²) in [5.41, 5.74) is 1.81. The minimum absolute atomic E-state index is 0.136. The van der Waals surface area contributed by atoms with Gasteiger partial charge in [-0.1, -0.05) is 26.8 Å². The highest BCUT2D eigenvalue weighted by Crippen LogP contribution is 2.29. The number of benzene rings is 1. The Morgan fingerprint density at radius 2 is 2.15 bits per heavy atom. The van der Waals surface area contributed by atoms with E-state index in [4.69, 9.17) is 4.74 Å². The van der Waals surface area contributed by atoms with E-state index in [1.165, 1.54) is 0 Å². The van der Waals surface area contributed by atoms with Gasteiger partial charge in [0.1, 0.15) is 6.07 Å². The van der Waals surface area contributed by atoms with Gasteiger partial charge < -0.3 is 10.1 Å². The molecule has 0 bridgehead atoms. The van der Waals surface area contributed by atoms with Crippen molar-refractivity contribution >= 4 is 17.4 Å². The Hall–Kier alpha value is -1.18. The van der Waals surface area contributed by atoms with Gasteiger partial charge in [-0.25, -0.2) is 0 Å². The van der Waals surface area contributed by atoms with Crippen LogP contribution in [-0.2, 0) is 4.74 Å². The quantitative estimate of drug-likeness (QED) is 0.731. The molecule has 0 heterocycles. The number of anilines is 1. The zero-order valence-corrected chi connectivity index (χ0v) is 13.6. The number of hydrogen-bond acceptors (Lipinski definition) is 4. The maximum Gasteiger partial charge on any atom is 0.102 e. The van der Waals surface area contributed by atoms with E-state index in [1.807, 2.05) is 18.2 Å². The molecule has 1 rings (SSSR count). The van der Waals surface area contributed by atoms with E-state index in [9.17, 15) is 5.26 Å². The molecule has 0 spiro atoms. The molecule has 0 radical (unpaired) electrons. The molecular weight excluding hydrogens is 268 g/mol. The van der Waals surface area contributed by atoms with Gasteiger partial charge in [-0.3, -0.25) is 0 Å². The molecule has 0 aromatic heterocycles. The molecule has 3 nitrogen and oxygen atoms in total. The van der Waals surface area contributed by atoms with E-state index in [0.717, 1.165) is 41.5 Å². The predicted molar refractivity (Wildman–Crippen MR) is 86.3 cm³/mol. The monoisotopic (exact) mass is 292 g/mol. The fourth-order valence-corrected chi connectivity index (χ4v) is 2.66. The van der Waals surface area contributed by atoms with Crippen LogP contribution in [0.15, 0.2) is 23.1 Å². The zero-order valence-electron chi connectivity index (χ0n) is 12.8. The molecule has 0 amide bonds. The molecule has 110 valence electrons. The van der Waals surface area contributed by atoms with Crippen molar-refractivity contribution in [2.75, 3.05) is 31.3 Å². The molecule has 20 heavy (non-hydrogen) atoms. The molecule has 0 aliphatic heterocycles. The molecule has 0 aliphatic rings. The Bertz CT molecular complexity index is 466. The third-order valence-electron chi connectivity index (χ3n) is 3.18. The number of ether oxygens (including phenoxy) is 1. The van der Waals surface area contributed by atoms with Gasteiger partial charge in [-0.15, -0.1) is 11.8 Å². The summed E-state index contributed by atoms with van der Waals surface area (Å²) < 4.78 is 5.14. The average molecular weight is 292 g/mol. The number of rotatable bonds is 8. The van der Waals surface area contributed by atoms with Gasteiger partial charge in [-0.05, 0) is 29.7 Å². The van der Waals surface area contributed by atoms with Crippen LogP contribution in [0.25, 0.3) is 0 Å². The fourth-order valence-electron chi connectivity index (χ4n) is 1.87. The van der Waals surface area contributed by atoms with Crippen LogP contribution in [-0.4, -0.2) is 26.0 Å². The SMILES string of the molecule is CCSc1cccc(NCC(C)(C)CCOC)c1C#N. The molecule has 0 saturated heterocycles. The largest absolute Gasteiger partial charge is 0.385 e. The zero-order chi connectivity index (χ0) is 15.0. The summed E-state index contributed by atoms with van der Waals surface area (Å²) in [5, 5.41) is 12.8. The lowest BCUT2D eigenvalue weighted by Crippen LogP contribution is -2.25. The highest BCUT2D eigenvalue weighted by atomic mass is 32.2. The molecule has 0 aliphatic carbocycles. The Morgan fingerprint density at radius 1 is 1.40 bits per heavy atom. The van der Waals surface area contributed by atoms with Crippen LogP contribution in [0.4, 0.5) is 5.69 Å². The van der Waals surface area contributed by atoms with Crippen molar-refractivity contribution < 1.29 is 4.74 Å². The summed E-state index contributed by atoms with van der Waals surface area (Å²) in [6, 6.07) is 8.31. The topological polar surface area (TPSA) is 45.0 Å². The molecule has 0 unspecified atom stereocenters. The molecule has 1 N–H and O–H groups in total. The number of hydrogen-bond donors (Lipinski definition) is 1. The smallest absolute Gasteiger partial charge is 0.102 e. The molecule has 0 atom stereocenters. The second-order valence-corrected chi connectivity index (χ2v) is 6.79. The molecule has 0 saturated carbocycles. The van der Waals surface area contributed by atoms with Crippen molar-refractivity contribution in [1.82, 2.24) is 0 Å². The summed E-state index contributed by atoms with van der Waals surface area (Å²) in [5.74, 6) is 0.970. The Labute approximate surface area is 126 Å². The minimum Gasteiger partial charge on any atom is -0.385 e. The van der Waals surface area contributed by atoms with Crippen molar-refractivity contribution in [1.29, 1.82) is 5.26 Å². The lowest BCUT2D eigenvalue weighted by Gasteiger charge is -2.25. The first kappa shape index (κ1) is 16.9. The maximum atomic E-state index is 9.37. The Morgan fingerprint density at radius 3 is 2.75 bits per heavy atom. The summed E-state index contributed by atoms with van der Waals surface area (Å²) in [4.78, 5) is 1.05. The Balaban J connectivity index is 2.78. The van der Waals surface area contributed by atoms with Crippen molar-refractivity contribution in [3.63, 3.8) is 0 Å². The van der Waals surface area contributed by atoms with E-state index in [1.54, 1.807) is 18.9 Å². The average Bonchev–Trinajstić information content (AvgIpc) is 2.43. The first-order chi connectivity index (χ1) is 9.54. The second-order valence-electron chi connectivity index (χ2n) is 5.48. The van der Waals surface area contributed by atoms with Gasteiger partial charge >= 0.3 is 0 Å². The van der Waals surface area contributed by atoms with Crippen molar-refractivity contribution in [3.05, 3.63) is 23.8 Å².